The van der Waals surface area contributed by atoms with Crippen molar-refractivity contribution in [3.05, 3.63) is 56.5 Å². The summed E-state index contributed by atoms with van der Waals surface area (Å²) in [4.78, 5) is 7.19. The Labute approximate surface area is 108 Å². The minimum absolute atomic E-state index is 0.612. The van der Waals surface area contributed by atoms with Crippen LogP contribution in [0.3, 0.4) is 0 Å². The Morgan fingerprint density at radius 2 is 2.06 bits per heavy atom. The number of hydrogen-bond acceptors (Lipinski definition) is 2. The van der Waals surface area contributed by atoms with Gasteiger partial charge in [-0.25, -0.2) is 4.98 Å². The molecule has 0 saturated heterocycles. The van der Waals surface area contributed by atoms with Gasteiger partial charge in [0.05, 0.1) is 0 Å². The monoisotopic (exact) mass is 270 g/mol. The number of aromatic nitrogens is 2. The largest absolute Gasteiger partial charge is 0.335 e. The molecule has 0 saturated carbocycles. The van der Waals surface area contributed by atoms with E-state index in [0.29, 0.717) is 21.1 Å². The van der Waals surface area contributed by atoms with E-state index in [1.807, 2.05) is 6.07 Å². The second kappa shape index (κ2) is 4.95. The lowest BCUT2D eigenvalue weighted by molar-refractivity contribution is 0.960. The van der Waals surface area contributed by atoms with Gasteiger partial charge in [0.25, 0.3) is 0 Å². The SMILES string of the molecule is S=c1ccnc(Cc2ccc(Cl)cc2Cl)[nH]1. The van der Waals surface area contributed by atoms with Gasteiger partial charge in [0, 0.05) is 22.7 Å². The van der Waals surface area contributed by atoms with Gasteiger partial charge in [-0.15, -0.1) is 0 Å². The van der Waals surface area contributed by atoms with Gasteiger partial charge in [-0.05, 0) is 23.8 Å². The molecule has 1 aromatic heterocycles. The third-order valence-corrected chi connectivity index (χ3v) is 2.92. The third kappa shape index (κ3) is 2.82. The summed E-state index contributed by atoms with van der Waals surface area (Å²) in [6.07, 6.45) is 2.29. The van der Waals surface area contributed by atoms with Gasteiger partial charge in [-0.2, -0.15) is 0 Å². The maximum atomic E-state index is 6.07. The van der Waals surface area contributed by atoms with Crippen LogP contribution in [0.25, 0.3) is 0 Å². The zero-order valence-corrected chi connectivity index (χ0v) is 10.5. The molecule has 1 N–H and O–H groups in total. The molecule has 0 aliphatic carbocycles. The predicted octanol–water partition coefficient (Wildman–Crippen LogP) is 4.04. The number of halogens is 2. The van der Waals surface area contributed by atoms with Crippen molar-refractivity contribution in [3.63, 3.8) is 0 Å². The number of aromatic amines is 1. The van der Waals surface area contributed by atoms with Crippen LogP contribution in [0, 0.1) is 4.64 Å². The van der Waals surface area contributed by atoms with E-state index in [4.69, 9.17) is 35.4 Å². The fourth-order valence-electron chi connectivity index (χ4n) is 1.35. The number of nitrogens with one attached hydrogen (secondary N) is 1. The number of rotatable bonds is 2. The van der Waals surface area contributed by atoms with Crippen molar-refractivity contribution in [2.24, 2.45) is 0 Å². The minimum atomic E-state index is 0.612. The summed E-state index contributed by atoms with van der Waals surface area (Å²) in [7, 11) is 0. The Hall–Kier alpha value is -0.900. The number of nitrogens with zero attached hydrogens (tertiary/aromatic N) is 1. The molecule has 5 heteroatoms. The molecular formula is C11H8Cl2N2S. The summed E-state index contributed by atoms with van der Waals surface area (Å²) in [5.41, 5.74) is 0.968. The van der Waals surface area contributed by atoms with Crippen LogP contribution in [-0.4, -0.2) is 9.97 Å². The highest BCUT2D eigenvalue weighted by Gasteiger charge is 2.03. The first-order valence-electron chi connectivity index (χ1n) is 4.63. The smallest absolute Gasteiger partial charge is 0.111 e. The van der Waals surface area contributed by atoms with Gasteiger partial charge in [-0.1, -0.05) is 41.5 Å². The molecule has 1 heterocycles. The van der Waals surface area contributed by atoms with Crippen LogP contribution >= 0.6 is 35.4 Å². The summed E-state index contributed by atoms with van der Waals surface area (Å²) in [5.74, 6) is 0.789. The molecule has 0 atom stereocenters. The molecule has 2 nitrogen and oxygen atoms in total. The zero-order chi connectivity index (χ0) is 11.5. The van der Waals surface area contributed by atoms with E-state index in [9.17, 15) is 0 Å². The van der Waals surface area contributed by atoms with Crippen molar-refractivity contribution in [1.82, 2.24) is 9.97 Å². The highest BCUT2D eigenvalue weighted by atomic mass is 35.5. The minimum Gasteiger partial charge on any atom is -0.335 e. The number of H-pyrrole nitrogens is 1. The molecule has 0 amide bonds. The lowest BCUT2D eigenvalue weighted by Gasteiger charge is -2.04. The van der Waals surface area contributed by atoms with Crippen molar-refractivity contribution in [2.75, 3.05) is 0 Å². The maximum Gasteiger partial charge on any atom is 0.111 e. The highest BCUT2D eigenvalue weighted by molar-refractivity contribution is 7.71. The molecule has 16 heavy (non-hydrogen) atoms. The van der Waals surface area contributed by atoms with Gasteiger partial charge < -0.3 is 4.98 Å². The summed E-state index contributed by atoms with van der Waals surface area (Å²) in [6.45, 7) is 0. The van der Waals surface area contributed by atoms with E-state index in [1.54, 1.807) is 24.4 Å². The van der Waals surface area contributed by atoms with Gasteiger partial charge in [-0.3, -0.25) is 0 Å². The average molecular weight is 271 g/mol. The molecule has 0 aliphatic heterocycles. The van der Waals surface area contributed by atoms with Crippen LogP contribution in [0.1, 0.15) is 11.4 Å². The fraction of sp³-hybridized carbons (Fsp3) is 0.0909. The molecule has 0 radical (unpaired) electrons. The Kier molecular flexibility index (Phi) is 3.59. The molecule has 0 unspecified atom stereocenters. The van der Waals surface area contributed by atoms with Crippen LogP contribution in [0.4, 0.5) is 0 Å². The van der Waals surface area contributed by atoms with Crippen molar-refractivity contribution in [1.29, 1.82) is 0 Å². The van der Waals surface area contributed by atoms with E-state index in [2.05, 4.69) is 9.97 Å². The molecule has 1 aromatic carbocycles. The summed E-state index contributed by atoms with van der Waals surface area (Å²) in [5, 5.41) is 1.26. The third-order valence-electron chi connectivity index (χ3n) is 2.10. The Balaban J connectivity index is 2.30. The maximum absolute atomic E-state index is 6.07. The van der Waals surface area contributed by atoms with E-state index in [1.165, 1.54) is 0 Å². The van der Waals surface area contributed by atoms with Gasteiger partial charge in [0.1, 0.15) is 10.5 Å². The quantitative estimate of drug-likeness (QED) is 0.835. The fourth-order valence-corrected chi connectivity index (χ4v) is 2.00. The second-order valence-electron chi connectivity index (χ2n) is 3.29. The average Bonchev–Trinajstić information content (AvgIpc) is 2.22. The highest BCUT2D eigenvalue weighted by Crippen LogP contribution is 2.22. The molecular weight excluding hydrogens is 263 g/mol. The van der Waals surface area contributed by atoms with Crippen LogP contribution in [0.2, 0.25) is 10.0 Å². The van der Waals surface area contributed by atoms with E-state index < -0.39 is 0 Å². The van der Waals surface area contributed by atoms with Crippen molar-refractivity contribution < 1.29 is 0 Å². The van der Waals surface area contributed by atoms with E-state index in [0.717, 1.165) is 11.4 Å². The summed E-state index contributed by atoms with van der Waals surface area (Å²) in [6, 6.07) is 7.15. The van der Waals surface area contributed by atoms with Crippen LogP contribution in [-0.2, 0) is 6.42 Å². The van der Waals surface area contributed by atoms with E-state index in [-0.39, 0.29) is 0 Å². The molecule has 0 aliphatic rings. The number of benzene rings is 1. The van der Waals surface area contributed by atoms with Gasteiger partial charge >= 0.3 is 0 Å². The zero-order valence-electron chi connectivity index (χ0n) is 8.21. The lowest BCUT2D eigenvalue weighted by atomic mass is 10.1. The van der Waals surface area contributed by atoms with Crippen LogP contribution in [0.15, 0.2) is 30.5 Å². The Bertz CT molecular complexity index is 566. The first-order chi connectivity index (χ1) is 7.65. The van der Waals surface area contributed by atoms with Gasteiger partial charge in [0.15, 0.2) is 0 Å². The molecule has 0 fully saturated rings. The Morgan fingerprint density at radius 3 is 2.75 bits per heavy atom. The second-order valence-corrected chi connectivity index (χ2v) is 4.58. The predicted molar refractivity (Wildman–Crippen MR) is 68.7 cm³/mol. The first-order valence-corrected chi connectivity index (χ1v) is 5.80. The van der Waals surface area contributed by atoms with Gasteiger partial charge in [0.2, 0.25) is 0 Å². The molecule has 0 bridgehead atoms. The van der Waals surface area contributed by atoms with Crippen molar-refractivity contribution in [2.45, 2.75) is 6.42 Å². The normalized spacial score (nSPS) is 10.4. The number of hydrogen-bond donors (Lipinski definition) is 1. The van der Waals surface area contributed by atoms with Crippen LogP contribution < -0.4 is 0 Å². The molecule has 2 rings (SSSR count). The molecule has 0 spiro atoms. The topological polar surface area (TPSA) is 28.7 Å². The molecule has 82 valence electrons. The lowest BCUT2D eigenvalue weighted by Crippen LogP contribution is -1.96. The van der Waals surface area contributed by atoms with Crippen molar-refractivity contribution in [3.8, 4) is 0 Å². The van der Waals surface area contributed by atoms with Crippen molar-refractivity contribution >= 4 is 35.4 Å². The standard InChI is InChI=1S/C11H8Cl2N2S/c12-8-2-1-7(9(13)6-8)5-10-14-4-3-11(16)15-10/h1-4,6H,5H2,(H,14,15,16). The first kappa shape index (κ1) is 11.6. The van der Waals surface area contributed by atoms with E-state index >= 15 is 0 Å². The summed E-state index contributed by atoms with van der Waals surface area (Å²) >= 11 is 16.9. The molecule has 2 aromatic rings. The summed E-state index contributed by atoms with van der Waals surface area (Å²) < 4.78 is 0.662. The Morgan fingerprint density at radius 1 is 1.25 bits per heavy atom. The van der Waals surface area contributed by atoms with Crippen LogP contribution in [0.5, 0.6) is 0 Å².